The van der Waals surface area contributed by atoms with E-state index in [2.05, 4.69) is 25.7 Å². The molecule has 1 N–H and O–H groups in total. The van der Waals surface area contributed by atoms with Gasteiger partial charge in [-0.3, -0.25) is 0 Å². The second-order valence-corrected chi connectivity index (χ2v) is 5.23. The van der Waals surface area contributed by atoms with Crippen molar-refractivity contribution in [2.24, 2.45) is 5.41 Å². The van der Waals surface area contributed by atoms with Gasteiger partial charge in [0, 0.05) is 13.1 Å². The minimum atomic E-state index is 0.503. The molecule has 0 aromatic heterocycles. The Morgan fingerprint density at radius 2 is 2.07 bits per heavy atom. The van der Waals surface area contributed by atoms with E-state index in [0.29, 0.717) is 11.5 Å². The molecule has 0 aromatic carbocycles. The predicted molar refractivity (Wildman–Crippen MR) is 65.1 cm³/mol. The summed E-state index contributed by atoms with van der Waals surface area (Å²) in [6, 6.07) is 0. The van der Waals surface area contributed by atoms with Crippen LogP contribution in [0.25, 0.3) is 0 Å². The molecule has 1 aliphatic carbocycles. The van der Waals surface area contributed by atoms with E-state index in [-0.39, 0.29) is 0 Å². The smallest absolute Gasteiger partial charge is 0.0594 e. The fraction of sp³-hybridized carbons (Fsp3) is 0.846. The lowest BCUT2D eigenvalue weighted by molar-refractivity contribution is 0.00626. The van der Waals surface area contributed by atoms with E-state index < -0.39 is 0 Å². The third-order valence-electron chi connectivity index (χ3n) is 3.21. The van der Waals surface area contributed by atoms with Gasteiger partial charge < -0.3 is 10.1 Å². The maximum atomic E-state index is 5.83. The van der Waals surface area contributed by atoms with Crippen molar-refractivity contribution in [2.75, 3.05) is 19.7 Å². The van der Waals surface area contributed by atoms with Gasteiger partial charge in [0.15, 0.2) is 0 Å². The topological polar surface area (TPSA) is 21.3 Å². The summed E-state index contributed by atoms with van der Waals surface area (Å²) in [7, 11) is 0. The molecule has 2 nitrogen and oxygen atoms in total. The zero-order chi connectivity index (χ0) is 11.1. The molecule has 0 atom stereocenters. The minimum Gasteiger partial charge on any atom is -0.377 e. The SMILES string of the molecule is C=CCNCCOC1CCC(C)(C)CC1. The maximum absolute atomic E-state index is 5.83. The Morgan fingerprint density at radius 1 is 1.40 bits per heavy atom. The third kappa shape index (κ3) is 5.33. The highest BCUT2D eigenvalue weighted by Gasteiger charge is 2.26. The van der Waals surface area contributed by atoms with Crippen molar-refractivity contribution in [3.63, 3.8) is 0 Å². The zero-order valence-corrected chi connectivity index (χ0v) is 10.2. The quantitative estimate of drug-likeness (QED) is 0.539. The Labute approximate surface area is 94.1 Å². The zero-order valence-electron chi connectivity index (χ0n) is 10.2. The van der Waals surface area contributed by atoms with Crippen LogP contribution in [0, 0.1) is 5.41 Å². The molecule has 2 heteroatoms. The lowest BCUT2D eigenvalue weighted by Crippen LogP contribution is -2.29. The third-order valence-corrected chi connectivity index (χ3v) is 3.21. The fourth-order valence-electron chi connectivity index (χ4n) is 2.04. The first-order valence-corrected chi connectivity index (χ1v) is 6.07. The molecule has 1 aliphatic rings. The van der Waals surface area contributed by atoms with Crippen LogP contribution in [0.1, 0.15) is 39.5 Å². The number of hydrogen-bond donors (Lipinski definition) is 1. The molecule has 1 fully saturated rings. The van der Waals surface area contributed by atoms with Crippen molar-refractivity contribution in [1.29, 1.82) is 0 Å². The van der Waals surface area contributed by atoms with Gasteiger partial charge in [-0.2, -0.15) is 0 Å². The summed E-state index contributed by atoms with van der Waals surface area (Å²) < 4.78 is 5.83. The summed E-state index contributed by atoms with van der Waals surface area (Å²) in [5.74, 6) is 0. The lowest BCUT2D eigenvalue weighted by atomic mass is 9.76. The second-order valence-electron chi connectivity index (χ2n) is 5.23. The summed E-state index contributed by atoms with van der Waals surface area (Å²) >= 11 is 0. The first-order valence-electron chi connectivity index (χ1n) is 6.07. The van der Waals surface area contributed by atoms with Gasteiger partial charge in [-0.05, 0) is 31.1 Å². The Balaban J connectivity index is 2.01. The molecule has 15 heavy (non-hydrogen) atoms. The first kappa shape index (κ1) is 12.7. The monoisotopic (exact) mass is 211 g/mol. The van der Waals surface area contributed by atoms with Crippen molar-refractivity contribution in [1.82, 2.24) is 5.32 Å². The van der Waals surface area contributed by atoms with Gasteiger partial charge in [-0.1, -0.05) is 19.9 Å². The van der Waals surface area contributed by atoms with Crippen LogP contribution in [0.4, 0.5) is 0 Å². The molecule has 0 saturated heterocycles. The fourth-order valence-corrected chi connectivity index (χ4v) is 2.04. The molecule has 0 unspecified atom stereocenters. The molecule has 88 valence electrons. The number of nitrogens with one attached hydrogen (secondary N) is 1. The van der Waals surface area contributed by atoms with Crippen molar-refractivity contribution in [3.8, 4) is 0 Å². The molecule has 0 heterocycles. The van der Waals surface area contributed by atoms with Gasteiger partial charge in [0.05, 0.1) is 12.7 Å². The van der Waals surface area contributed by atoms with Gasteiger partial charge in [0.1, 0.15) is 0 Å². The van der Waals surface area contributed by atoms with E-state index in [1.807, 2.05) is 6.08 Å². The summed E-state index contributed by atoms with van der Waals surface area (Å²) in [5.41, 5.74) is 0.543. The molecule has 0 aromatic rings. The van der Waals surface area contributed by atoms with Gasteiger partial charge in [0.25, 0.3) is 0 Å². The van der Waals surface area contributed by atoms with Gasteiger partial charge in [0.2, 0.25) is 0 Å². The van der Waals surface area contributed by atoms with E-state index in [1.54, 1.807) is 0 Å². The lowest BCUT2D eigenvalue weighted by Gasteiger charge is -2.34. The molecule has 0 radical (unpaired) electrons. The average molecular weight is 211 g/mol. The molecule has 1 saturated carbocycles. The predicted octanol–water partition coefficient (Wildman–Crippen LogP) is 2.75. The molecule has 0 aliphatic heterocycles. The Kier molecular flexibility index (Phi) is 5.34. The molecule has 0 amide bonds. The van der Waals surface area contributed by atoms with Crippen molar-refractivity contribution >= 4 is 0 Å². The number of hydrogen-bond acceptors (Lipinski definition) is 2. The van der Waals surface area contributed by atoms with E-state index in [1.165, 1.54) is 25.7 Å². The summed E-state index contributed by atoms with van der Waals surface area (Å²) in [4.78, 5) is 0. The van der Waals surface area contributed by atoms with Gasteiger partial charge in [-0.25, -0.2) is 0 Å². The second kappa shape index (κ2) is 6.29. The average Bonchev–Trinajstić information content (AvgIpc) is 2.20. The van der Waals surface area contributed by atoms with E-state index in [9.17, 15) is 0 Å². The van der Waals surface area contributed by atoms with E-state index >= 15 is 0 Å². The Hall–Kier alpha value is -0.340. The summed E-state index contributed by atoms with van der Waals surface area (Å²) in [6.45, 7) is 11.0. The normalized spacial score (nSPS) is 21.5. The molecule has 0 bridgehead atoms. The summed E-state index contributed by atoms with van der Waals surface area (Å²) in [6.07, 6.45) is 7.45. The first-order chi connectivity index (χ1) is 7.14. The molecule has 0 spiro atoms. The standard InChI is InChI=1S/C13H25NO/c1-4-9-14-10-11-15-12-5-7-13(2,3)8-6-12/h4,12,14H,1,5-11H2,2-3H3. The van der Waals surface area contributed by atoms with Crippen LogP contribution < -0.4 is 5.32 Å². The Morgan fingerprint density at radius 3 is 2.67 bits per heavy atom. The number of rotatable bonds is 6. The largest absolute Gasteiger partial charge is 0.377 e. The molecule has 1 rings (SSSR count). The Bertz CT molecular complexity index is 179. The van der Waals surface area contributed by atoms with Crippen LogP contribution in [0.2, 0.25) is 0 Å². The van der Waals surface area contributed by atoms with Crippen molar-refractivity contribution in [3.05, 3.63) is 12.7 Å². The van der Waals surface area contributed by atoms with Crippen molar-refractivity contribution < 1.29 is 4.74 Å². The van der Waals surface area contributed by atoms with Crippen LogP contribution in [0.15, 0.2) is 12.7 Å². The van der Waals surface area contributed by atoms with Crippen LogP contribution in [0.5, 0.6) is 0 Å². The summed E-state index contributed by atoms with van der Waals surface area (Å²) in [5, 5.41) is 3.25. The van der Waals surface area contributed by atoms with Crippen LogP contribution in [0.3, 0.4) is 0 Å². The van der Waals surface area contributed by atoms with Crippen molar-refractivity contribution in [2.45, 2.75) is 45.6 Å². The van der Waals surface area contributed by atoms with Crippen LogP contribution in [-0.2, 0) is 4.74 Å². The van der Waals surface area contributed by atoms with Crippen LogP contribution in [-0.4, -0.2) is 25.8 Å². The van der Waals surface area contributed by atoms with Gasteiger partial charge in [-0.15, -0.1) is 6.58 Å². The van der Waals surface area contributed by atoms with E-state index in [4.69, 9.17) is 4.74 Å². The van der Waals surface area contributed by atoms with Gasteiger partial charge >= 0.3 is 0 Å². The van der Waals surface area contributed by atoms with E-state index in [0.717, 1.165) is 19.7 Å². The number of ether oxygens (including phenoxy) is 1. The van der Waals surface area contributed by atoms with Crippen LogP contribution >= 0.6 is 0 Å². The highest BCUT2D eigenvalue weighted by Crippen LogP contribution is 2.35. The highest BCUT2D eigenvalue weighted by atomic mass is 16.5. The molecular formula is C13H25NO. The highest BCUT2D eigenvalue weighted by molar-refractivity contribution is 4.78. The minimum absolute atomic E-state index is 0.503. The molecular weight excluding hydrogens is 186 g/mol. The maximum Gasteiger partial charge on any atom is 0.0594 e.